The molecule has 0 amide bonds. The highest BCUT2D eigenvalue weighted by atomic mass is 32.2. The topological polar surface area (TPSA) is 17.1 Å². The molecular weight excluding hydrogens is 1000 g/mol. The molecule has 0 aromatic heterocycles. The van der Waals surface area contributed by atoms with Gasteiger partial charge in [-0.15, -0.1) is 21.9 Å². The Morgan fingerprint density at radius 1 is 0.357 bits per heavy atom. The number of hydrogen-bond donors (Lipinski definition) is 0. The molecule has 0 saturated heterocycles. The highest BCUT2D eigenvalue weighted by Crippen LogP contribution is 2.34. The lowest BCUT2D eigenvalue weighted by molar-refractivity contribution is 0.102. The minimum Gasteiger partial charge on any atom is -0.289 e. The zero-order valence-electron chi connectivity index (χ0n) is 34.2. The normalized spacial score (nSPS) is 12.1. The van der Waals surface area contributed by atoms with Gasteiger partial charge in [0, 0.05) is 27.9 Å². The molecule has 8 aromatic rings. The Morgan fingerprint density at radius 3 is 0.971 bits per heavy atom. The van der Waals surface area contributed by atoms with Gasteiger partial charge in [0.2, 0.25) is 5.78 Å². The van der Waals surface area contributed by atoms with Crippen LogP contribution in [-0.2, 0) is 10.9 Å². The van der Waals surface area contributed by atoms with E-state index in [4.69, 9.17) is 0 Å². The van der Waals surface area contributed by atoms with Crippen molar-refractivity contribution in [3.8, 4) is 0 Å². The molecule has 362 valence electrons. The minimum atomic E-state index is -7.22. The van der Waals surface area contributed by atoms with E-state index in [1.54, 1.807) is 0 Å². The SMILES string of the molecule is C[S+](CC(=O)c1ccccc1)c1cc2ccccc2c2ccccc12.Fc1c(F)c(F)c([B-](c2c(F)c(F)c(F)c(F)c2F)(c2c(F)c(F)c(F)c(F)c2F)c2c(F)c(F)c(F)c(F)c2F)c(F)c1F. The predicted octanol–water partition coefficient (Wildman–Crippen LogP) is 11.3. The van der Waals surface area contributed by atoms with Crippen LogP contribution in [0.2, 0.25) is 0 Å². The molecule has 0 fully saturated rings. The molecule has 70 heavy (non-hydrogen) atoms. The quantitative estimate of drug-likeness (QED) is 0.0282. The number of ketones is 1. The molecule has 23 heteroatoms. The first kappa shape index (κ1) is 50.8. The lowest BCUT2D eigenvalue weighted by Gasteiger charge is -2.44. The number of carbonyl (C=O) groups is 1. The van der Waals surface area contributed by atoms with Crippen molar-refractivity contribution in [2.24, 2.45) is 0 Å². The van der Waals surface area contributed by atoms with Gasteiger partial charge in [0.25, 0.3) is 0 Å². The summed E-state index contributed by atoms with van der Waals surface area (Å²) in [6.45, 7) is 0. The first-order valence-corrected chi connectivity index (χ1v) is 21.1. The standard InChI is InChI=1S/C24BF20.C23H19OS/c26-5-1(6(27)14(35)21(42)13(5)34)25(2-7(28)15(36)22(43)16(37)8(2)29,3-9(30)17(38)23(44)18(39)10(3)31)4-11(32)19(40)24(45)20(41)12(4)33;1-25(16-22(24)17-9-3-2-4-10-17)23-15-18-11-5-6-12-19(18)20-13-7-8-14-21(20)23/h;2-15H,16H2,1H3/q-1;+1. The van der Waals surface area contributed by atoms with E-state index in [2.05, 4.69) is 60.9 Å². The summed E-state index contributed by atoms with van der Waals surface area (Å²) in [4.78, 5) is 13.9. The largest absolute Gasteiger partial charge is 0.289 e. The molecule has 1 unspecified atom stereocenters. The van der Waals surface area contributed by atoms with Gasteiger partial charge in [0.05, 0.1) is 0 Å². The highest BCUT2D eigenvalue weighted by Gasteiger charge is 2.52. The van der Waals surface area contributed by atoms with E-state index < -0.39 is 144 Å². The van der Waals surface area contributed by atoms with E-state index in [1.165, 1.54) is 26.4 Å². The molecule has 0 aliphatic carbocycles. The third kappa shape index (κ3) is 7.86. The van der Waals surface area contributed by atoms with E-state index in [0.29, 0.717) is 5.75 Å². The van der Waals surface area contributed by atoms with Gasteiger partial charge >= 0.3 is 0 Å². The second kappa shape index (κ2) is 19.0. The molecule has 0 saturated carbocycles. The van der Waals surface area contributed by atoms with E-state index in [9.17, 15) is 57.5 Å². The first-order valence-electron chi connectivity index (χ1n) is 19.3. The molecule has 0 N–H and O–H groups in total. The molecule has 8 rings (SSSR count). The van der Waals surface area contributed by atoms with Crippen molar-refractivity contribution < 1.29 is 92.6 Å². The van der Waals surface area contributed by atoms with E-state index in [1.807, 2.05) is 30.3 Å². The summed E-state index contributed by atoms with van der Waals surface area (Å²) >= 11 is 0. The van der Waals surface area contributed by atoms with Crippen molar-refractivity contribution >= 4 is 66.2 Å². The van der Waals surface area contributed by atoms with Gasteiger partial charge in [-0.05, 0) is 22.2 Å². The van der Waals surface area contributed by atoms with Crippen molar-refractivity contribution in [1.82, 2.24) is 0 Å². The fourth-order valence-electron chi connectivity index (χ4n) is 8.16. The molecule has 0 bridgehead atoms. The van der Waals surface area contributed by atoms with Gasteiger partial charge in [-0.2, -0.15) is 0 Å². The van der Waals surface area contributed by atoms with E-state index in [0.717, 1.165) is 5.56 Å². The third-order valence-corrected chi connectivity index (χ3v) is 13.0. The number of halogens is 20. The molecule has 0 aliphatic heterocycles. The zero-order chi connectivity index (χ0) is 51.6. The second-order valence-electron chi connectivity index (χ2n) is 15.0. The van der Waals surface area contributed by atoms with Crippen LogP contribution in [0.25, 0.3) is 21.5 Å². The number of carbonyl (C=O) groups excluding carboxylic acids is 1. The maximum absolute atomic E-state index is 15.4. The van der Waals surface area contributed by atoms with Gasteiger partial charge in [-0.1, -0.05) is 72.8 Å². The van der Waals surface area contributed by atoms with Crippen LogP contribution in [0.4, 0.5) is 87.8 Å². The summed E-state index contributed by atoms with van der Waals surface area (Å²) in [6, 6.07) is 28.9. The summed E-state index contributed by atoms with van der Waals surface area (Å²) < 4.78 is 294. The Hall–Kier alpha value is -7.04. The summed E-state index contributed by atoms with van der Waals surface area (Å²) in [6.07, 6.45) is -5.04. The first-order chi connectivity index (χ1) is 32.9. The van der Waals surface area contributed by atoms with E-state index in [-0.39, 0.29) is 16.7 Å². The van der Waals surface area contributed by atoms with Crippen molar-refractivity contribution in [1.29, 1.82) is 0 Å². The van der Waals surface area contributed by atoms with Crippen LogP contribution in [0.1, 0.15) is 10.4 Å². The smallest absolute Gasteiger partial charge is 0.212 e. The summed E-state index contributed by atoms with van der Waals surface area (Å²) in [5.41, 5.74) is -13.5. The van der Waals surface area contributed by atoms with Crippen molar-refractivity contribution in [2.45, 2.75) is 4.90 Å². The van der Waals surface area contributed by atoms with Crippen LogP contribution in [-0.4, -0.2) is 23.9 Å². The van der Waals surface area contributed by atoms with Crippen molar-refractivity contribution in [2.75, 3.05) is 12.0 Å². The van der Waals surface area contributed by atoms with Gasteiger partial charge < -0.3 is 0 Å². The zero-order valence-corrected chi connectivity index (χ0v) is 35.1. The second-order valence-corrected chi connectivity index (χ2v) is 17.0. The molecule has 0 heterocycles. The number of hydrogen-bond acceptors (Lipinski definition) is 1. The predicted molar refractivity (Wildman–Crippen MR) is 218 cm³/mol. The Balaban J connectivity index is 0.000000242. The Morgan fingerprint density at radius 2 is 0.629 bits per heavy atom. The number of Topliss-reactive ketones (excluding diaryl/α,β-unsaturated/α-hetero) is 1. The van der Waals surface area contributed by atoms with Gasteiger partial charge in [-0.25, -0.2) is 87.8 Å². The Bertz CT molecular complexity index is 3080. The fraction of sp³-hybridized carbons (Fsp3) is 0.0426. The molecule has 1 atom stereocenters. The average molecular weight is 1020 g/mol. The highest BCUT2D eigenvalue weighted by molar-refractivity contribution is 7.97. The number of rotatable bonds is 8. The lowest BCUT2D eigenvalue weighted by Crippen LogP contribution is -2.81. The summed E-state index contributed by atoms with van der Waals surface area (Å²) in [5.74, 6) is -70.6. The Labute approximate surface area is 381 Å². The molecule has 0 aliphatic rings. The van der Waals surface area contributed by atoms with Gasteiger partial charge in [0.1, 0.15) is 58.9 Å². The van der Waals surface area contributed by atoms with Crippen molar-refractivity contribution in [3.63, 3.8) is 0 Å². The fourth-order valence-corrected chi connectivity index (χ4v) is 9.76. The third-order valence-electron chi connectivity index (χ3n) is 11.3. The molecular formula is C47H19BF20OS. The maximum atomic E-state index is 15.4. The maximum Gasteiger partial charge on any atom is 0.212 e. The van der Waals surface area contributed by atoms with E-state index >= 15 is 35.1 Å². The Kier molecular flexibility index (Phi) is 13.8. The summed E-state index contributed by atoms with van der Waals surface area (Å²) in [5, 5.41) is 5.03. The molecule has 0 radical (unpaired) electrons. The van der Waals surface area contributed by atoms with Crippen LogP contribution >= 0.6 is 0 Å². The lowest BCUT2D eigenvalue weighted by atomic mass is 9.12. The van der Waals surface area contributed by atoms with Crippen LogP contribution in [0.3, 0.4) is 0 Å². The van der Waals surface area contributed by atoms with Crippen LogP contribution < -0.4 is 21.9 Å². The van der Waals surface area contributed by atoms with Crippen LogP contribution in [0, 0.1) is 116 Å². The molecule has 1 nitrogen and oxygen atoms in total. The monoisotopic (exact) mass is 1020 g/mol. The summed E-state index contributed by atoms with van der Waals surface area (Å²) in [7, 11) is -0.144. The number of fused-ring (bicyclic) bond motifs is 3. The molecule has 0 spiro atoms. The molecule has 8 aromatic carbocycles. The van der Waals surface area contributed by atoms with Gasteiger partial charge in [0.15, 0.2) is 80.5 Å². The van der Waals surface area contributed by atoms with Crippen molar-refractivity contribution in [3.05, 3.63) is 207 Å². The number of benzene rings is 8. The average Bonchev–Trinajstić information content (AvgIpc) is 3.36. The van der Waals surface area contributed by atoms with Crippen LogP contribution in [0.5, 0.6) is 0 Å². The minimum absolute atomic E-state index is 0.144. The van der Waals surface area contributed by atoms with Gasteiger partial charge in [-0.3, -0.25) is 4.79 Å². The van der Waals surface area contributed by atoms with Crippen LogP contribution in [0.15, 0.2) is 89.8 Å².